The number of rotatable bonds is 4. The van der Waals surface area contributed by atoms with Crippen molar-refractivity contribution in [2.45, 2.75) is 12.8 Å². The molecule has 0 bridgehead atoms. The molecule has 0 aliphatic rings. The van der Waals surface area contributed by atoms with Gasteiger partial charge in [-0.3, -0.25) is 0 Å². The second-order valence-corrected chi connectivity index (χ2v) is 3.91. The minimum Gasteiger partial charge on any atom is -0.339 e. The molecule has 0 atom stereocenters. The van der Waals surface area contributed by atoms with Gasteiger partial charge < -0.3 is 10.3 Å². The Morgan fingerprint density at radius 1 is 1.41 bits per heavy atom. The highest BCUT2D eigenvalue weighted by Gasteiger charge is 2.15. The van der Waals surface area contributed by atoms with Gasteiger partial charge in [0.05, 0.1) is 10.6 Å². The molecule has 0 fully saturated rings. The van der Waals surface area contributed by atoms with E-state index in [9.17, 15) is 4.39 Å². The quantitative estimate of drug-likeness (QED) is 0.911. The molecule has 90 valence electrons. The first kappa shape index (κ1) is 12.0. The van der Waals surface area contributed by atoms with Gasteiger partial charge in [-0.25, -0.2) is 4.39 Å². The standard InChI is InChI=1S/C11H11ClFN3O/c12-7-3-1-4-8(13)10(7)11-15-9(17-16-11)5-2-6-14/h1,3-4H,2,5-6,14H2. The number of nitrogens with zero attached hydrogens (tertiary/aromatic N) is 2. The summed E-state index contributed by atoms with van der Waals surface area (Å²) in [4.78, 5) is 4.08. The van der Waals surface area contributed by atoms with Gasteiger partial charge in [-0.15, -0.1) is 0 Å². The summed E-state index contributed by atoms with van der Waals surface area (Å²) in [5.41, 5.74) is 5.54. The average Bonchev–Trinajstić information content (AvgIpc) is 2.75. The van der Waals surface area contributed by atoms with Crippen LogP contribution in [0.2, 0.25) is 5.02 Å². The Balaban J connectivity index is 2.30. The van der Waals surface area contributed by atoms with Crippen molar-refractivity contribution in [1.82, 2.24) is 10.1 Å². The van der Waals surface area contributed by atoms with Gasteiger partial charge in [0.1, 0.15) is 5.82 Å². The molecule has 0 aliphatic heterocycles. The fourth-order valence-electron chi connectivity index (χ4n) is 1.42. The average molecular weight is 256 g/mol. The van der Waals surface area contributed by atoms with E-state index < -0.39 is 5.82 Å². The molecule has 0 spiro atoms. The molecule has 0 aliphatic carbocycles. The zero-order valence-corrected chi connectivity index (χ0v) is 9.75. The first-order chi connectivity index (χ1) is 8.22. The molecule has 0 unspecified atom stereocenters. The number of aryl methyl sites for hydroxylation is 1. The van der Waals surface area contributed by atoms with E-state index in [1.54, 1.807) is 6.07 Å². The third-order valence-electron chi connectivity index (χ3n) is 2.25. The lowest BCUT2D eigenvalue weighted by Gasteiger charge is -1.99. The zero-order chi connectivity index (χ0) is 12.3. The lowest BCUT2D eigenvalue weighted by atomic mass is 10.2. The first-order valence-corrected chi connectivity index (χ1v) is 5.57. The van der Waals surface area contributed by atoms with Crippen LogP contribution < -0.4 is 5.73 Å². The van der Waals surface area contributed by atoms with Gasteiger partial charge in [0, 0.05) is 6.42 Å². The van der Waals surface area contributed by atoms with Crippen LogP contribution in [0, 0.1) is 5.82 Å². The largest absolute Gasteiger partial charge is 0.339 e. The van der Waals surface area contributed by atoms with E-state index in [1.165, 1.54) is 12.1 Å². The van der Waals surface area contributed by atoms with Crippen LogP contribution in [0.3, 0.4) is 0 Å². The van der Waals surface area contributed by atoms with Crippen molar-refractivity contribution in [2.75, 3.05) is 6.54 Å². The van der Waals surface area contributed by atoms with Crippen LogP contribution in [0.15, 0.2) is 22.7 Å². The maximum absolute atomic E-state index is 13.6. The topological polar surface area (TPSA) is 64.9 Å². The molecular formula is C11H11ClFN3O. The first-order valence-electron chi connectivity index (χ1n) is 5.19. The second-order valence-electron chi connectivity index (χ2n) is 3.50. The maximum atomic E-state index is 13.6. The molecular weight excluding hydrogens is 245 g/mol. The summed E-state index contributed by atoms with van der Waals surface area (Å²) in [7, 11) is 0. The van der Waals surface area contributed by atoms with Crippen LogP contribution in [-0.2, 0) is 6.42 Å². The van der Waals surface area contributed by atoms with Crippen molar-refractivity contribution in [3.63, 3.8) is 0 Å². The number of hydrogen-bond donors (Lipinski definition) is 1. The van der Waals surface area contributed by atoms with Gasteiger partial charge in [-0.1, -0.05) is 22.8 Å². The molecule has 0 amide bonds. The molecule has 1 heterocycles. The van der Waals surface area contributed by atoms with E-state index in [4.69, 9.17) is 21.9 Å². The molecule has 0 saturated heterocycles. The lowest BCUT2D eigenvalue weighted by Crippen LogP contribution is -2.00. The molecule has 4 nitrogen and oxygen atoms in total. The third-order valence-corrected chi connectivity index (χ3v) is 2.56. The number of benzene rings is 1. The Morgan fingerprint density at radius 2 is 2.24 bits per heavy atom. The summed E-state index contributed by atoms with van der Waals surface area (Å²) in [5.74, 6) is 0.133. The van der Waals surface area contributed by atoms with Crippen molar-refractivity contribution in [3.05, 3.63) is 34.9 Å². The summed E-state index contributed by atoms with van der Waals surface area (Å²) in [5, 5.41) is 3.97. The Bertz CT molecular complexity index is 495. The van der Waals surface area contributed by atoms with Crippen molar-refractivity contribution in [1.29, 1.82) is 0 Å². The van der Waals surface area contributed by atoms with Crippen molar-refractivity contribution >= 4 is 11.6 Å². The van der Waals surface area contributed by atoms with Crippen molar-refractivity contribution in [3.8, 4) is 11.4 Å². The molecule has 0 radical (unpaired) electrons. The van der Waals surface area contributed by atoms with E-state index in [1.807, 2.05) is 0 Å². The van der Waals surface area contributed by atoms with E-state index in [0.29, 0.717) is 18.9 Å². The van der Waals surface area contributed by atoms with E-state index in [0.717, 1.165) is 6.42 Å². The third kappa shape index (κ3) is 2.62. The lowest BCUT2D eigenvalue weighted by molar-refractivity contribution is 0.376. The summed E-state index contributed by atoms with van der Waals surface area (Å²) in [6, 6.07) is 4.41. The van der Waals surface area contributed by atoms with Crippen LogP contribution >= 0.6 is 11.6 Å². The predicted molar refractivity (Wildman–Crippen MR) is 62.1 cm³/mol. The smallest absolute Gasteiger partial charge is 0.227 e. The minimum absolute atomic E-state index is 0.164. The van der Waals surface area contributed by atoms with E-state index in [2.05, 4.69) is 10.1 Å². The Labute approximate surface area is 103 Å². The highest BCUT2D eigenvalue weighted by Crippen LogP contribution is 2.28. The summed E-state index contributed by atoms with van der Waals surface area (Å²) in [6.07, 6.45) is 1.32. The van der Waals surface area contributed by atoms with Gasteiger partial charge in [-0.2, -0.15) is 4.98 Å². The molecule has 2 aromatic rings. The van der Waals surface area contributed by atoms with Gasteiger partial charge in [0.15, 0.2) is 0 Å². The van der Waals surface area contributed by atoms with E-state index in [-0.39, 0.29) is 16.4 Å². The van der Waals surface area contributed by atoms with Crippen molar-refractivity contribution < 1.29 is 8.91 Å². The predicted octanol–water partition coefficient (Wildman–Crippen LogP) is 2.42. The summed E-state index contributed by atoms with van der Waals surface area (Å²) < 4.78 is 18.6. The van der Waals surface area contributed by atoms with Crippen LogP contribution in [-0.4, -0.2) is 16.7 Å². The second kappa shape index (κ2) is 5.25. The molecule has 1 aromatic carbocycles. The fourth-order valence-corrected chi connectivity index (χ4v) is 1.67. The van der Waals surface area contributed by atoms with Crippen LogP contribution in [0.5, 0.6) is 0 Å². The number of aromatic nitrogens is 2. The SMILES string of the molecule is NCCCc1nc(-c2c(F)cccc2Cl)no1. The van der Waals surface area contributed by atoms with Crippen LogP contribution in [0.1, 0.15) is 12.3 Å². The summed E-state index contributed by atoms with van der Waals surface area (Å²) >= 11 is 5.90. The van der Waals surface area contributed by atoms with E-state index >= 15 is 0 Å². The maximum Gasteiger partial charge on any atom is 0.227 e. The Kier molecular flexibility index (Phi) is 3.71. The Hall–Kier alpha value is -1.46. The molecule has 6 heteroatoms. The minimum atomic E-state index is -0.469. The van der Waals surface area contributed by atoms with Crippen molar-refractivity contribution in [2.24, 2.45) is 5.73 Å². The highest BCUT2D eigenvalue weighted by atomic mass is 35.5. The Morgan fingerprint density at radius 3 is 2.94 bits per heavy atom. The molecule has 1 aromatic heterocycles. The number of halogens is 2. The van der Waals surface area contributed by atoms with Gasteiger partial charge >= 0.3 is 0 Å². The van der Waals surface area contributed by atoms with Crippen LogP contribution in [0.25, 0.3) is 11.4 Å². The van der Waals surface area contributed by atoms with Gasteiger partial charge in [-0.05, 0) is 25.1 Å². The molecule has 2 rings (SSSR count). The summed E-state index contributed by atoms with van der Waals surface area (Å²) in [6.45, 7) is 0.540. The number of nitrogens with two attached hydrogens (primary N) is 1. The highest BCUT2D eigenvalue weighted by molar-refractivity contribution is 6.33. The van der Waals surface area contributed by atoms with Gasteiger partial charge in [0.2, 0.25) is 11.7 Å². The zero-order valence-electron chi connectivity index (χ0n) is 8.99. The normalized spacial score (nSPS) is 10.8. The molecule has 0 saturated carbocycles. The number of hydrogen-bond acceptors (Lipinski definition) is 4. The fraction of sp³-hybridized carbons (Fsp3) is 0.273. The monoisotopic (exact) mass is 255 g/mol. The van der Waals surface area contributed by atoms with Gasteiger partial charge in [0.25, 0.3) is 0 Å². The van der Waals surface area contributed by atoms with Crippen LogP contribution in [0.4, 0.5) is 4.39 Å². The molecule has 2 N–H and O–H groups in total. The molecule has 17 heavy (non-hydrogen) atoms.